The molecule has 0 unspecified atom stereocenters. The smallest absolute Gasteiger partial charge is 0.221 e. The van der Waals surface area contributed by atoms with Crippen molar-refractivity contribution in [1.82, 2.24) is 0 Å². The molecular formula is C24H45ClO. The lowest BCUT2D eigenvalue weighted by atomic mass is 10.0. The van der Waals surface area contributed by atoms with Crippen LogP contribution in [0, 0.1) is 0 Å². The molecule has 0 aliphatic carbocycles. The Kier molecular flexibility index (Phi) is 22.5. The van der Waals surface area contributed by atoms with Gasteiger partial charge in [0.25, 0.3) is 0 Å². The highest BCUT2D eigenvalue weighted by Gasteiger charge is 1.95. The molecular weight excluding hydrogens is 340 g/mol. The fraction of sp³-hybridized carbons (Fsp3) is 0.875. The van der Waals surface area contributed by atoms with Crippen LogP contribution in [0.3, 0.4) is 0 Å². The van der Waals surface area contributed by atoms with E-state index in [0.29, 0.717) is 6.42 Å². The highest BCUT2D eigenvalue weighted by molar-refractivity contribution is 6.63. The second kappa shape index (κ2) is 22.7. The lowest BCUT2D eigenvalue weighted by molar-refractivity contribution is -0.111. The molecule has 0 aromatic rings. The number of halogens is 1. The van der Waals surface area contributed by atoms with Gasteiger partial charge in [-0.1, -0.05) is 109 Å². The molecule has 0 saturated heterocycles. The quantitative estimate of drug-likeness (QED) is 0.109. The molecule has 1 nitrogen and oxygen atoms in total. The van der Waals surface area contributed by atoms with Crippen LogP contribution in [0.4, 0.5) is 0 Å². The van der Waals surface area contributed by atoms with E-state index in [4.69, 9.17) is 11.6 Å². The average Bonchev–Trinajstić information content (AvgIpc) is 2.62. The number of rotatable bonds is 21. The number of carbonyl (C=O) groups excluding carboxylic acids is 1. The largest absolute Gasteiger partial charge is 0.281 e. The van der Waals surface area contributed by atoms with Crippen molar-refractivity contribution in [1.29, 1.82) is 0 Å². The predicted molar refractivity (Wildman–Crippen MR) is 118 cm³/mol. The van der Waals surface area contributed by atoms with Crippen molar-refractivity contribution in [2.45, 2.75) is 135 Å². The highest BCUT2D eigenvalue weighted by atomic mass is 35.5. The van der Waals surface area contributed by atoms with Gasteiger partial charge < -0.3 is 0 Å². The first-order valence-electron chi connectivity index (χ1n) is 11.6. The van der Waals surface area contributed by atoms with Crippen LogP contribution in [0.25, 0.3) is 0 Å². The van der Waals surface area contributed by atoms with E-state index in [9.17, 15) is 4.79 Å². The minimum absolute atomic E-state index is 0.196. The molecule has 0 aliphatic heterocycles. The van der Waals surface area contributed by atoms with E-state index < -0.39 is 0 Å². The van der Waals surface area contributed by atoms with E-state index in [1.165, 1.54) is 103 Å². The van der Waals surface area contributed by atoms with Gasteiger partial charge in [0.05, 0.1) is 0 Å². The van der Waals surface area contributed by atoms with Gasteiger partial charge in [-0.25, -0.2) is 0 Å². The van der Waals surface area contributed by atoms with Crippen LogP contribution in [0.2, 0.25) is 0 Å². The Morgan fingerprint density at radius 1 is 0.577 bits per heavy atom. The van der Waals surface area contributed by atoms with Crippen LogP contribution in [-0.2, 0) is 4.79 Å². The van der Waals surface area contributed by atoms with Crippen LogP contribution in [0.1, 0.15) is 135 Å². The SMILES string of the molecule is CCCCCCCCCCCCCCCC/C=C/CCCCCC(=O)Cl. The van der Waals surface area contributed by atoms with Gasteiger partial charge in [0.15, 0.2) is 0 Å². The summed E-state index contributed by atoms with van der Waals surface area (Å²) in [7, 11) is 0. The molecule has 26 heavy (non-hydrogen) atoms. The van der Waals surface area contributed by atoms with Crippen molar-refractivity contribution in [3.63, 3.8) is 0 Å². The third-order valence-electron chi connectivity index (χ3n) is 5.14. The Morgan fingerprint density at radius 3 is 1.31 bits per heavy atom. The van der Waals surface area contributed by atoms with E-state index in [-0.39, 0.29) is 5.24 Å². The molecule has 0 heterocycles. The average molecular weight is 385 g/mol. The van der Waals surface area contributed by atoms with Crippen molar-refractivity contribution in [2.24, 2.45) is 0 Å². The molecule has 0 fully saturated rings. The zero-order valence-electron chi connectivity index (χ0n) is 17.6. The molecule has 0 atom stereocenters. The Labute approximate surface area is 169 Å². The van der Waals surface area contributed by atoms with Gasteiger partial charge in [0, 0.05) is 6.42 Å². The molecule has 154 valence electrons. The first-order valence-corrected chi connectivity index (χ1v) is 12.0. The van der Waals surface area contributed by atoms with E-state index in [0.717, 1.165) is 19.3 Å². The van der Waals surface area contributed by atoms with Gasteiger partial charge in [-0.05, 0) is 43.7 Å². The third-order valence-corrected chi connectivity index (χ3v) is 5.32. The maximum atomic E-state index is 10.6. The van der Waals surface area contributed by atoms with E-state index in [1.54, 1.807) is 0 Å². The number of allylic oxidation sites excluding steroid dienone is 2. The van der Waals surface area contributed by atoms with Crippen LogP contribution in [0.15, 0.2) is 12.2 Å². The Morgan fingerprint density at radius 2 is 0.923 bits per heavy atom. The molecule has 0 radical (unpaired) electrons. The summed E-state index contributed by atoms with van der Waals surface area (Å²) >= 11 is 5.32. The molecule has 0 bridgehead atoms. The molecule has 0 saturated carbocycles. The van der Waals surface area contributed by atoms with Crippen molar-refractivity contribution in [3.8, 4) is 0 Å². The minimum Gasteiger partial charge on any atom is -0.281 e. The lowest BCUT2D eigenvalue weighted by Crippen LogP contribution is -1.85. The number of carbonyl (C=O) groups is 1. The first-order chi connectivity index (χ1) is 12.8. The normalized spacial score (nSPS) is 11.5. The zero-order valence-corrected chi connectivity index (χ0v) is 18.3. The second-order valence-electron chi connectivity index (χ2n) is 7.81. The van der Waals surface area contributed by atoms with Crippen molar-refractivity contribution in [3.05, 3.63) is 12.2 Å². The van der Waals surface area contributed by atoms with Crippen molar-refractivity contribution in [2.75, 3.05) is 0 Å². The highest BCUT2D eigenvalue weighted by Crippen LogP contribution is 2.13. The van der Waals surface area contributed by atoms with Crippen LogP contribution < -0.4 is 0 Å². The van der Waals surface area contributed by atoms with E-state index in [1.807, 2.05) is 0 Å². The maximum absolute atomic E-state index is 10.6. The van der Waals surface area contributed by atoms with Gasteiger partial charge in [0.2, 0.25) is 5.24 Å². The topological polar surface area (TPSA) is 17.1 Å². The first kappa shape index (κ1) is 25.7. The van der Waals surface area contributed by atoms with Crippen molar-refractivity contribution >= 4 is 16.8 Å². The van der Waals surface area contributed by atoms with Crippen LogP contribution in [-0.4, -0.2) is 5.24 Å². The Balaban J connectivity index is 3.06. The maximum Gasteiger partial charge on any atom is 0.221 e. The summed E-state index contributed by atoms with van der Waals surface area (Å²) in [5, 5.41) is -0.196. The molecule has 0 aromatic carbocycles. The molecule has 0 N–H and O–H groups in total. The summed E-state index contributed by atoms with van der Waals surface area (Å²) in [6.07, 6.45) is 30.8. The van der Waals surface area contributed by atoms with E-state index in [2.05, 4.69) is 19.1 Å². The monoisotopic (exact) mass is 384 g/mol. The van der Waals surface area contributed by atoms with Gasteiger partial charge in [0.1, 0.15) is 0 Å². The fourth-order valence-electron chi connectivity index (χ4n) is 3.40. The second-order valence-corrected chi connectivity index (χ2v) is 8.23. The summed E-state index contributed by atoms with van der Waals surface area (Å²) in [6, 6.07) is 0. The van der Waals surface area contributed by atoms with E-state index >= 15 is 0 Å². The Bertz CT molecular complexity index is 311. The zero-order chi connectivity index (χ0) is 19.1. The standard InChI is InChI=1S/C24H45ClO/c1-2-3-4-5-6-7-8-9-10-11-12-13-14-15-16-17-18-19-20-21-22-23-24(25)26/h17-18H,2-16,19-23H2,1H3/b18-17+. The molecule has 0 aliphatic rings. The minimum atomic E-state index is -0.196. The van der Waals surface area contributed by atoms with Gasteiger partial charge in [-0.15, -0.1) is 0 Å². The summed E-state index contributed by atoms with van der Waals surface area (Å²) in [5.74, 6) is 0. The number of hydrogen-bond acceptors (Lipinski definition) is 1. The predicted octanol–water partition coefficient (Wildman–Crippen LogP) is 9.13. The molecule has 0 aromatic heterocycles. The summed E-state index contributed by atoms with van der Waals surface area (Å²) in [6.45, 7) is 2.29. The Hall–Kier alpha value is -0.300. The summed E-state index contributed by atoms with van der Waals surface area (Å²) in [4.78, 5) is 10.6. The molecule has 2 heteroatoms. The van der Waals surface area contributed by atoms with Crippen LogP contribution in [0.5, 0.6) is 0 Å². The van der Waals surface area contributed by atoms with Gasteiger partial charge in [-0.3, -0.25) is 4.79 Å². The van der Waals surface area contributed by atoms with Crippen LogP contribution >= 0.6 is 11.6 Å². The molecule has 0 amide bonds. The lowest BCUT2D eigenvalue weighted by Gasteiger charge is -2.02. The molecule has 0 spiro atoms. The fourth-order valence-corrected chi connectivity index (χ4v) is 3.53. The molecule has 0 rings (SSSR count). The third kappa shape index (κ3) is 23.7. The summed E-state index contributed by atoms with van der Waals surface area (Å²) < 4.78 is 0. The summed E-state index contributed by atoms with van der Waals surface area (Å²) in [5.41, 5.74) is 0. The number of unbranched alkanes of at least 4 members (excludes halogenated alkanes) is 17. The van der Waals surface area contributed by atoms with Crippen molar-refractivity contribution < 1.29 is 4.79 Å². The van der Waals surface area contributed by atoms with Gasteiger partial charge >= 0.3 is 0 Å². The van der Waals surface area contributed by atoms with Gasteiger partial charge in [-0.2, -0.15) is 0 Å². The number of hydrogen-bond donors (Lipinski definition) is 0.